The number of hydrogen-bond donors (Lipinski definition) is 1. The lowest BCUT2D eigenvalue weighted by Crippen LogP contribution is -2.22. The van der Waals surface area contributed by atoms with Crippen LogP contribution in [0.15, 0.2) is 18.2 Å². The maximum atomic E-state index is 11.7. The summed E-state index contributed by atoms with van der Waals surface area (Å²) in [5, 5.41) is 2.95. The Labute approximate surface area is 110 Å². The van der Waals surface area contributed by atoms with E-state index in [9.17, 15) is 4.79 Å². The number of amides is 1. The van der Waals surface area contributed by atoms with Crippen molar-refractivity contribution in [3.63, 3.8) is 0 Å². The molecule has 0 atom stereocenters. The van der Waals surface area contributed by atoms with Crippen LogP contribution in [0.1, 0.15) is 33.3 Å². The predicted molar refractivity (Wildman–Crippen MR) is 78.2 cm³/mol. The molecule has 0 radical (unpaired) electrons. The maximum Gasteiger partial charge on any atom is 0.226 e. The molecule has 0 aliphatic heterocycles. The standard InChI is InChI=1S/C15H24N2O/c1-6-17(7-2)13-8-9-14(12(5)10-13)16-15(18)11(3)4/h8-11H,6-7H2,1-5H3,(H,16,18). The van der Waals surface area contributed by atoms with Gasteiger partial charge in [0.25, 0.3) is 0 Å². The van der Waals surface area contributed by atoms with Gasteiger partial charge in [-0.15, -0.1) is 0 Å². The van der Waals surface area contributed by atoms with Crippen LogP contribution >= 0.6 is 0 Å². The van der Waals surface area contributed by atoms with Crippen LogP contribution in [0, 0.1) is 12.8 Å². The Kier molecular flexibility index (Phi) is 5.20. The van der Waals surface area contributed by atoms with E-state index in [2.05, 4.69) is 36.2 Å². The topological polar surface area (TPSA) is 32.3 Å². The van der Waals surface area contributed by atoms with Crippen LogP contribution in [-0.2, 0) is 4.79 Å². The van der Waals surface area contributed by atoms with E-state index in [1.54, 1.807) is 0 Å². The molecule has 1 rings (SSSR count). The Bertz CT molecular complexity index is 409. The third-order valence-corrected chi connectivity index (χ3v) is 3.12. The molecule has 3 heteroatoms. The van der Waals surface area contributed by atoms with Crippen LogP contribution in [0.2, 0.25) is 0 Å². The first kappa shape index (κ1) is 14.6. The van der Waals surface area contributed by atoms with Crippen molar-refractivity contribution in [1.82, 2.24) is 0 Å². The minimum Gasteiger partial charge on any atom is -0.372 e. The maximum absolute atomic E-state index is 11.7. The number of nitrogens with zero attached hydrogens (tertiary/aromatic N) is 1. The van der Waals surface area contributed by atoms with E-state index >= 15 is 0 Å². The predicted octanol–water partition coefficient (Wildman–Crippen LogP) is 3.44. The molecule has 0 aromatic heterocycles. The molecule has 1 aromatic rings. The zero-order valence-electron chi connectivity index (χ0n) is 12.1. The van der Waals surface area contributed by atoms with Crippen LogP contribution in [0.5, 0.6) is 0 Å². The van der Waals surface area contributed by atoms with Gasteiger partial charge in [-0.2, -0.15) is 0 Å². The summed E-state index contributed by atoms with van der Waals surface area (Å²) in [6.07, 6.45) is 0. The second-order valence-corrected chi connectivity index (χ2v) is 4.82. The second-order valence-electron chi connectivity index (χ2n) is 4.82. The fraction of sp³-hybridized carbons (Fsp3) is 0.533. The summed E-state index contributed by atoms with van der Waals surface area (Å²) in [5.41, 5.74) is 3.22. The molecule has 1 aromatic carbocycles. The number of anilines is 2. The minimum absolute atomic E-state index is 0.00635. The first-order chi connectivity index (χ1) is 8.49. The Morgan fingerprint density at radius 3 is 2.33 bits per heavy atom. The molecule has 0 fully saturated rings. The van der Waals surface area contributed by atoms with E-state index < -0.39 is 0 Å². The van der Waals surface area contributed by atoms with Crippen LogP contribution in [0.25, 0.3) is 0 Å². The van der Waals surface area contributed by atoms with E-state index in [-0.39, 0.29) is 11.8 Å². The molecule has 18 heavy (non-hydrogen) atoms. The van der Waals surface area contributed by atoms with Gasteiger partial charge in [0.05, 0.1) is 0 Å². The molecule has 0 saturated heterocycles. The Balaban J connectivity index is 2.89. The highest BCUT2D eigenvalue weighted by Gasteiger charge is 2.10. The fourth-order valence-electron chi connectivity index (χ4n) is 1.85. The average Bonchev–Trinajstić information content (AvgIpc) is 2.33. The Morgan fingerprint density at radius 1 is 1.28 bits per heavy atom. The van der Waals surface area contributed by atoms with Crippen molar-refractivity contribution in [1.29, 1.82) is 0 Å². The van der Waals surface area contributed by atoms with Crippen molar-refractivity contribution < 1.29 is 4.79 Å². The number of rotatable bonds is 5. The molecule has 1 N–H and O–H groups in total. The lowest BCUT2D eigenvalue weighted by atomic mass is 10.1. The van der Waals surface area contributed by atoms with E-state index in [1.165, 1.54) is 5.69 Å². The van der Waals surface area contributed by atoms with Crippen molar-refractivity contribution in [3.05, 3.63) is 23.8 Å². The zero-order valence-corrected chi connectivity index (χ0v) is 12.1. The van der Waals surface area contributed by atoms with Gasteiger partial charge in [0.1, 0.15) is 0 Å². The molecule has 0 bridgehead atoms. The molecule has 0 unspecified atom stereocenters. The highest BCUT2D eigenvalue weighted by atomic mass is 16.1. The monoisotopic (exact) mass is 248 g/mol. The van der Waals surface area contributed by atoms with Crippen LogP contribution < -0.4 is 10.2 Å². The van der Waals surface area contributed by atoms with Gasteiger partial charge < -0.3 is 10.2 Å². The lowest BCUT2D eigenvalue weighted by Gasteiger charge is -2.22. The normalized spacial score (nSPS) is 10.6. The summed E-state index contributed by atoms with van der Waals surface area (Å²) in [4.78, 5) is 14.0. The van der Waals surface area contributed by atoms with E-state index in [0.717, 1.165) is 24.3 Å². The molecule has 0 heterocycles. The van der Waals surface area contributed by atoms with Crippen molar-refractivity contribution in [2.75, 3.05) is 23.3 Å². The number of nitrogens with one attached hydrogen (secondary N) is 1. The summed E-state index contributed by atoms with van der Waals surface area (Å²) in [7, 11) is 0. The third kappa shape index (κ3) is 3.49. The quantitative estimate of drug-likeness (QED) is 0.865. The van der Waals surface area contributed by atoms with Crippen LogP contribution in [-0.4, -0.2) is 19.0 Å². The van der Waals surface area contributed by atoms with Crippen LogP contribution in [0.4, 0.5) is 11.4 Å². The number of carbonyl (C=O) groups is 1. The largest absolute Gasteiger partial charge is 0.372 e. The minimum atomic E-state index is 0.00635. The zero-order chi connectivity index (χ0) is 13.7. The van der Waals surface area contributed by atoms with E-state index in [4.69, 9.17) is 0 Å². The fourth-order valence-corrected chi connectivity index (χ4v) is 1.85. The first-order valence-corrected chi connectivity index (χ1v) is 6.66. The van der Waals surface area contributed by atoms with Gasteiger partial charge in [-0.05, 0) is 44.5 Å². The number of benzene rings is 1. The molecule has 3 nitrogen and oxygen atoms in total. The van der Waals surface area contributed by atoms with E-state index in [1.807, 2.05) is 26.8 Å². The molecule has 100 valence electrons. The Morgan fingerprint density at radius 2 is 1.89 bits per heavy atom. The van der Waals surface area contributed by atoms with Crippen molar-refractivity contribution >= 4 is 17.3 Å². The van der Waals surface area contributed by atoms with Gasteiger partial charge in [0.15, 0.2) is 0 Å². The molecule has 1 amide bonds. The molecular weight excluding hydrogens is 224 g/mol. The number of hydrogen-bond acceptors (Lipinski definition) is 2. The highest BCUT2D eigenvalue weighted by molar-refractivity contribution is 5.93. The van der Waals surface area contributed by atoms with Gasteiger partial charge in [-0.25, -0.2) is 0 Å². The smallest absolute Gasteiger partial charge is 0.226 e. The lowest BCUT2D eigenvalue weighted by molar-refractivity contribution is -0.118. The third-order valence-electron chi connectivity index (χ3n) is 3.12. The van der Waals surface area contributed by atoms with Crippen molar-refractivity contribution in [3.8, 4) is 0 Å². The van der Waals surface area contributed by atoms with Crippen LogP contribution in [0.3, 0.4) is 0 Å². The molecular formula is C15H24N2O. The summed E-state index contributed by atoms with van der Waals surface area (Å²) in [5.74, 6) is 0.0700. The summed E-state index contributed by atoms with van der Waals surface area (Å²) in [6, 6.07) is 6.18. The second kappa shape index (κ2) is 6.43. The molecule has 0 saturated carbocycles. The first-order valence-electron chi connectivity index (χ1n) is 6.66. The summed E-state index contributed by atoms with van der Waals surface area (Å²) >= 11 is 0. The molecule has 0 aliphatic rings. The summed E-state index contributed by atoms with van der Waals surface area (Å²) in [6.45, 7) is 12.1. The van der Waals surface area contributed by atoms with Crippen molar-refractivity contribution in [2.45, 2.75) is 34.6 Å². The van der Waals surface area contributed by atoms with Gasteiger partial charge >= 0.3 is 0 Å². The van der Waals surface area contributed by atoms with Gasteiger partial charge in [-0.1, -0.05) is 13.8 Å². The van der Waals surface area contributed by atoms with Crippen molar-refractivity contribution in [2.24, 2.45) is 5.92 Å². The SMILES string of the molecule is CCN(CC)c1ccc(NC(=O)C(C)C)c(C)c1. The van der Waals surface area contributed by atoms with E-state index in [0.29, 0.717) is 0 Å². The highest BCUT2D eigenvalue weighted by Crippen LogP contribution is 2.23. The van der Waals surface area contributed by atoms with Gasteiger partial charge in [0.2, 0.25) is 5.91 Å². The molecule has 0 aliphatic carbocycles. The molecule has 0 spiro atoms. The number of carbonyl (C=O) groups excluding carboxylic acids is 1. The summed E-state index contributed by atoms with van der Waals surface area (Å²) < 4.78 is 0. The Hall–Kier alpha value is -1.51. The van der Waals surface area contributed by atoms with Gasteiger partial charge in [-0.3, -0.25) is 4.79 Å². The average molecular weight is 248 g/mol. The number of aryl methyl sites for hydroxylation is 1. The van der Waals surface area contributed by atoms with Gasteiger partial charge in [0, 0.05) is 30.4 Å².